The smallest absolute Gasteiger partial charge is 0.161 e. The number of fused-ring (bicyclic) bond motifs is 1. The van der Waals surface area contributed by atoms with Gasteiger partial charge in [-0.15, -0.1) is 0 Å². The number of hydrogen-bond donors (Lipinski definition) is 1. The molecule has 0 bridgehead atoms. The lowest BCUT2D eigenvalue weighted by Crippen LogP contribution is -3.11. The summed E-state index contributed by atoms with van der Waals surface area (Å²) in [5.41, 5.74) is 5.50. The van der Waals surface area contributed by atoms with Gasteiger partial charge >= 0.3 is 0 Å². The largest absolute Gasteiger partial charge is 0.493 e. The summed E-state index contributed by atoms with van der Waals surface area (Å²) in [6.45, 7) is 6.66. The first kappa shape index (κ1) is 15.9. The van der Waals surface area contributed by atoms with Crippen molar-refractivity contribution in [3.8, 4) is 11.5 Å². The minimum atomic E-state index is 0.458. The minimum Gasteiger partial charge on any atom is -0.493 e. The molecule has 0 aromatic heterocycles. The molecule has 3 heteroatoms. The highest BCUT2D eigenvalue weighted by molar-refractivity contribution is 5.48. The van der Waals surface area contributed by atoms with Crippen LogP contribution in [0.3, 0.4) is 0 Å². The van der Waals surface area contributed by atoms with Crippen LogP contribution in [-0.4, -0.2) is 20.8 Å². The summed E-state index contributed by atoms with van der Waals surface area (Å²) in [5.74, 6) is 1.66. The summed E-state index contributed by atoms with van der Waals surface area (Å²) in [6.07, 6.45) is 1.08. The zero-order chi connectivity index (χ0) is 16.4. The van der Waals surface area contributed by atoms with E-state index in [1.54, 1.807) is 19.1 Å². The van der Waals surface area contributed by atoms with Crippen molar-refractivity contribution in [2.24, 2.45) is 0 Å². The van der Waals surface area contributed by atoms with Crippen LogP contribution >= 0.6 is 0 Å². The molecule has 0 aliphatic carbocycles. The van der Waals surface area contributed by atoms with Crippen LogP contribution in [-0.2, 0) is 13.0 Å². The van der Waals surface area contributed by atoms with E-state index in [9.17, 15) is 0 Å². The van der Waals surface area contributed by atoms with Gasteiger partial charge in [0.2, 0.25) is 0 Å². The van der Waals surface area contributed by atoms with Crippen molar-refractivity contribution in [2.45, 2.75) is 32.9 Å². The molecule has 0 fully saturated rings. The van der Waals surface area contributed by atoms with Crippen LogP contribution in [0.25, 0.3) is 0 Å². The van der Waals surface area contributed by atoms with Crippen LogP contribution in [0.15, 0.2) is 36.4 Å². The fraction of sp³-hybridized carbons (Fsp3) is 0.400. The standard InChI is InChI=1S/C20H25NO2/c1-14-5-7-16(8-6-14)13-21-10-9-17-11-19(22-3)20(23-4)12-18(17)15(21)2/h5-8,11-12,15H,9-10,13H2,1-4H3/p+1/t15-/m1/s1. The highest BCUT2D eigenvalue weighted by Crippen LogP contribution is 2.33. The van der Waals surface area contributed by atoms with Gasteiger partial charge in [-0.25, -0.2) is 0 Å². The Morgan fingerprint density at radius 2 is 1.70 bits per heavy atom. The number of quaternary nitrogens is 1. The third-order valence-electron chi connectivity index (χ3n) is 4.99. The lowest BCUT2D eigenvalue weighted by molar-refractivity contribution is -0.945. The third kappa shape index (κ3) is 3.20. The Labute approximate surface area is 138 Å². The molecule has 0 spiro atoms. The molecule has 2 aromatic rings. The summed E-state index contributed by atoms with van der Waals surface area (Å²) < 4.78 is 10.9. The minimum absolute atomic E-state index is 0.458. The number of nitrogens with one attached hydrogen (secondary N) is 1. The van der Waals surface area contributed by atoms with Gasteiger partial charge in [-0.1, -0.05) is 29.8 Å². The maximum Gasteiger partial charge on any atom is 0.161 e. The molecule has 2 atom stereocenters. The first-order valence-corrected chi connectivity index (χ1v) is 8.27. The lowest BCUT2D eigenvalue weighted by atomic mass is 9.92. The van der Waals surface area contributed by atoms with Crippen LogP contribution in [0.1, 0.15) is 35.2 Å². The first-order valence-electron chi connectivity index (χ1n) is 8.27. The number of aryl methyl sites for hydroxylation is 1. The van der Waals surface area contributed by atoms with Gasteiger partial charge in [-0.3, -0.25) is 0 Å². The van der Waals surface area contributed by atoms with Crippen LogP contribution in [0.4, 0.5) is 0 Å². The molecule has 1 N–H and O–H groups in total. The fourth-order valence-corrected chi connectivity index (χ4v) is 3.50. The number of rotatable bonds is 4. The molecule has 1 unspecified atom stereocenters. The molecule has 0 amide bonds. The van der Waals surface area contributed by atoms with E-state index in [4.69, 9.17) is 9.47 Å². The summed E-state index contributed by atoms with van der Waals surface area (Å²) in [6, 6.07) is 13.7. The molecule has 0 saturated heterocycles. The Hall–Kier alpha value is -2.00. The third-order valence-corrected chi connectivity index (χ3v) is 4.99. The normalized spacial score (nSPS) is 20.0. The van der Waals surface area contributed by atoms with Crippen molar-refractivity contribution >= 4 is 0 Å². The zero-order valence-corrected chi connectivity index (χ0v) is 14.5. The van der Waals surface area contributed by atoms with E-state index < -0.39 is 0 Å². The molecule has 3 nitrogen and oxygen atoms in total. The van der Waals surface area contributed by atoms with E-state index in [0.717, 1.165) is 31.0 Å². The summed E-state index contributed by atoms with van der Waals surface area (Å²) >= 11 is 0. The van der Waals surface area contributed by atoms with Gasteiger partial charge < -0.3 is 14.4 Å². The van der Waals surface area contributed by atoms with E-state index in [0.29, 0.717) is 6.04 Å². The quantitative estimate of drug-likeness (QED) is 0.938. The SMILES string of the molecule is COc1cc2c(cc1OC)[C@@H](C)[NH+](Cc1ccc(C)cc1)CC2. The van der Waals surface area contributed by atoms with Crippen LogP contribution < -0.4 is 14.4 Å². The van der Waals surface area contributed by atoms with Crippen LogP contribution in [0, 0.1) is 6.92 Å². The van der Waals surface area contributed by atoms with E-state index in [-0.39, 0.29) is 0 Å². The Morgan fingerprint density at radius 3 is 2.35 bits per heavy atom. The van der Waals surface area contributed by atoms with Crippen molar-refractivity contribution in [2.75, 3.05) is 20.8 Å². The van der Waals surface area contributed by atoms with Crippen LogP contribution in [0.2, 0.25) is 0 Å². The average Bonchev–Trinajstić information content (AvgIpc) is 2.58. The number of benzene rings is 2. The Bertz CT molecular complexity index is 679. The predicted molar refractivity (Wildman–Crippen MR) is 92.4 cm³/mol. The van der Waals surface area contributed by atoms with Crippen molar-refractivity contribution in [3.63, 3.8) is 0 Å². The highest BCUT2D eigenvalue weighted by atomic mass is 16.5. The van der Waals surface area contributed by atoms with E-state index in [1.807, 2.05) is 0 Å². The molecule has 0 radical (unpaired) electrons. The Balaban J connectivity index is 1.84. The number of methoxy groups -OCH3 is 2. The fourth-order valence-electron chi connectivity index (χ4n) is 3.50. The average molecular weight is 312 g/mol. The number of hydrogen-bond acceptors (Lipinski definition) is 2. The van der Waals surface area contributed by atoms with Gasteiger partial charge in [0.05, 0.1) is 20.8 Å². The van der Waals surface area contributed by atoms with E-state index in [1.165, 1.54) is 22.3 Å². The van der Waals surface area contributed by atoms with Gasteiger partial charge in [0.1, 0.15) is 12.6 Å². The Kier molecular flexibility index (Phi) is 4.58. The second-order valence-corrected chi connectivity index (χ2v) is 6.45. The summed E-state index contributed by atoms with van der Waals surface area (Å²) in [4.78, 5) is 1.61. The maximum atomic E-state index is 5.48. The maximum absolute atomic E-state index is 5.48. The van der Waals surface area contributed by atoms with Crippen molar-refractivity contribution < 1.29 is 14.4 Å². The molecule has 0 saturated carbocycles. The molecule has 122 valence electrons. The van der Waals surface area contributed by atoms with Gasteiger partial charge in [-0.05, 0) is 31.5 Å². The first-order chi connectivity index (χ1) is 11.1. The number of ether oxygens (including phenoxy) is 2. The molecular formula is C20H26NO2+. The molecule has 1 heterocycles. The molecule has 2 aromatic carbocycles. The van der Waals surface area contributed by atoms with Gasteiger partial charge in [-0.2, -0.15) is 0 Å². The molecule has 23 heavy (non-hydrogen) atoms. The van der Waals surface area contributed by atoms with Crippen molar-refractivity contribution in [1.82, 2.24) is 0 Å². The molecule has 1 aliphatic heterocycles. The van der Waals surface area contributed by atoms with Gasteiger partial charge in [0.25, 0.3) is 0 Å². The van der Waals surface area contributed by atoms with Crippen molar-refractivity contribution in [3.05, 3.63) is 58.7 Å². The van der Waals surface area contributed by atoms with Crippen molar-refractivity contribution in [1.29, 1.82) is 0 Å². The molecule has 3 rings (SSSR count). The monoisotopic (exact) mass is 312 g/mol. The second-order valence-electron chi connectivity index (χ2n) is 6.45. The zero-order valence-electron chi connectivity index (χ0n) is 14.5. The summed E-state index contributed by atoms with van der Waals surface area (Å²) in [7, 11) is 3.40. The molecular weight excluding hydrogens is 286 g/mol. The Morgan fingerprint density at radius 1 is 1.04 bits per heavy atom. The summed E-state index contributed by atoms with van der Waals surface area (Å²) in [5, 5.41) is 0. The lowest BCUT2D eigenvalue weighted by Gasteiger charge is -2.33. The highest BCUT2D eigenvalue weighted by Gasteiger charge is 2.29. The molecule has 1 aliphatic rings. The predicted octanol–water partition coefficient (Wildman–Crippen LogP) is 2.71. The van der Waals surface area contributed by atoms with Crippen LogP contribution in [0.5, 0.6) is 11.5 Å². The van der Waals surface area contributed by atoms with E-state index in [2.05, 4.69) is 50.2 Å². The van der Waals surface area contributed by atoms with Gasteiger partial charge in [0, 0.05) is 17.5 Å². The van der Waals surface area contributed by atoms with Gasteiger partial charge in [0.15, 0.2) is 11.5 Å². The topological polar surface area (TPSA) is 22.9 Å². The second kappa shape index (κ2) is 6.63. The van der Waals surface area contributed by atoms with E-state index >= 15 is 0 Å².